The number of hydrogen-bond donors (Lipinski definition) is 2. The van der Waals surface area contributed by atoms with Gasteiger partial charge in [0.05, 0.1) is 30.1 Å². The Morgan fingerprint density at radius 1 is 1.36 bits per heavy atom. The minimum atomic E-state index is -2.97. The van der Waals surface area contributed by atoms with Crippen LogP contribution >= 0.6 is 11.6 Å². The Kier molecular flexibility index (Phi) is 6.41. The zero-order chi connectivity index (χ0) is 23.9. The number of carboxylic acid groups (broad SMARTS) is 1. The maximum Gasteiger partial charge on any atom is 0.338 e. The van der Waals surface area contributed by atoms with Crippen molar-refractivity contribution < 1.29 is 32.6 Å². The fourth-order valence-corrected chi connectivity index (χ4v) is 5.26. The van der Waals surface area contributed by atoms with Crippen molar-refractivity contribution >= 4 is 29.9 Å². The predicted octanol–water partition coefficient (Wildman–Crippen LogP) is 3.54. The molecule has 2 bridgehead atoms. The molecule has 1 aromatic carbocycles. The number of carbonyl (C=O) groups excluding carboxylic acids is 1. The van der Waals surface area contributed by atoms with E-state index in [-0.39, 0.29) is 42.3 Å². The second kappa shape index (κ2) is 8.98. The zero-order valence-corrected chi connectivity index (χ0v) is 18.5. The number of fused-ring (bicyclic) bond motifs is 2. The first-order valence-corrected chi connectivity index (χ1v) is 10.9. The number of benzene rings is 1. The number of methoxy groups -OCH3 is 1. The van der Waals surface area contributed by atoms with Crippen LogP contribution < -0.4 is 5.32 Å². The number of alkyl halides is 2. The highest BCUT2D eigenvalue weighted by Crippen LogP contribution is 2.48. The predicted molar refractivity (Wildman–Crippen MR) is 114 cm³/mol. The number of aliphatic imine (C=N–C) groups is 1. The van der Waals surface area contributed by atoms with Crippen LogP contribution in [0.1, 0.15) is 37.3 Å². The van der Waals surface area contributed by atoms with Gasteiger partial charge in [-0.05, 0) is 36.5 Å². The molecule has 0 radical (unpaired) electrons. The van der Waals surface area contributed by atoms with Gasteiger partial charge in [0.25, 0.3) is 5.92 Å². The quantitative estimate of drug-likeness (QED) is 0.599. The molecule has 3 aliphatic heterocycles. The summed E-state index contributed by atoms with van der Waals surface area (Å²) in [5, 5.41) is 11.9. The Balaban J connectivity index is 1.66. The molecule has 3 aliphatic rings. The number of piperidine rings is 1. The molecule has 0 amide bonds. The van der Waals surface area contributed by atoms with Crippen molar-refractivity contribution in [1.29, 1.82) is 0 Å². The van der Waals surface area contributed by atoms with E-state index in [0.29, 0.717) is 17.7 Å². The summed E-state index contributed by atoms with van der Waals surface area (Å²) in [5.41, 5.74) is 0.791. The van der Waals surface area contributed by atoms with Gasteiger partial charge < -0.3 is 15.2 Å². The number of carboxylic acids is 1. The lowest BCUT2D eigenvalue weighted by Crippen LogP contribution is -2.49. The molecule has 3 heterocycles. The third kappa shape index (κ3) is 4.59. The topological polar surface area (TPSA) is 91.2 Å². The summed E-state index contributed by atoms with van der Waals surface area (Å²) in [6.07, 6.45) is 1.21. The molecule has 0 unspecified atom stereocenters. The third-order valence-corrected chi connectivity index (χ3v) is 6.86. The maximum atomic E-state index is 14.8. The summed E-state index contributed by atoms with van der Waals surface area (Å²) in [6.45, 7) is -0.00621. The van der Waals surface area contributed by atoms with E-state index in [1.807, 2.05) is 0 Å². The summed E-state index contributed by atoms with van der Waals surface area (Å²) >= 11 is 5.77. The molecule has 0 saturated carbocycles. The first-order valence-electron chi connectivity index (χ1n) is 10.5. The average molecular weight is 486 g/mol. The Bertz CT molecular complexity index is 1030. The third-order valence-electron chi connectivity index (χ3n) is 6.56. The Morgan fingerprint density at radius 3 is 2.76 bits per heavy atom. The largest absolute Gasteiger partial charge is 0.481 e. The SMILES string of the molecule is COC(=O)C1=C(CN2[C@H]3C[C@H](CC(=O)O)C[C@@H]2C(F)(F)C3)NC=N[C@H]1c1ccc(Cl)c(F)c1. The molecular weight excluding hydrogens is 463 g/mol. The van der Waals surface area contributed by atoms with Crippen LogP contribution in [0.3, 0.4) is 0 Å². The lowest BCUT2D eigenvalue weighted by atomic mass is 9.87. The van der Waals surface area contributed by atoms with Gasteiger partial charge in [-0.3, -0.25) is 14.7 Å². The van der Waals surface area contributed by atoms with Crippen LogP contribution in [0.15, 0.2) is 34.5 Å². The van der Waals surface area contributed by atoms with Crippen LogP contribution in [0, 0.1) is 11.7 Å². The highest BCUT2D eigenvalue weighted by atomic mass is 35.5. The number of nitrogens with zero attached hydrogens (tertiary/aromatic N) is 2. The number of ether oxygens (including phenoxy) is 1. The van der Waals surface area contributed by atoms with Gasteiger partial charge in [-0.25, -0.2) is 18.0 Å². The van der Waals surface area contributed by atoms with Crippen molar-refractivity contribution in [1.82, 2.24) is 10.2 Å². The summed E-state index contributed by atoms with van der Waals surface area (Å²) < 4.78 is 48.5. The standard InChI is InChI=1S/C22H23ClF3N3O4/c1-33-21(32)19-16(27-10-28-20(19)12-2-3-14(23)15(24)7-12)9-29-13-4-11(6-18(30)31)5-17(29)22(25,26)8-13/h2-3,7,10-11,13,17,20H,4-6,8-9H2,1H3,(H,27,28)(H,30,31)/t11-,13-,17+,20-/m0/s1. The second-order valence-electron chi connectivity index (χ2n) is 8.62. The summed E-state index contributed by atoms with van der Waals surface area (Å²) in [7, 11) is 1.19. The van der Waals surface area contributed by atoms with Crippen LogP contribution in [-0.2, 0) is 14.3 Å². The summed E-state index contributed by atoms with van der Waals surface area (Å²) in [5.74, 6) is -5.69. The average Bonchev–Trinajstić information content (AvgIpc) is 2.89. The van der Waals surface area contributed by atoms with Gasteiger partial charge in [0.1, 0.15) is 11.9 Å². The number of carbonyl (C=O) groups is 2. The van der Waals surface area contributed by atoms with E-state index in [9.17, 15) is 22.8 Å². The molecule has 33 heavy (non-hydrogen) atoms. The molecule has 2 saturated heterocycles. The second-order valence-corrected chi connectivity index (χ2v) is 9.03. The van der Waals surface area contributed by atoms with Gasteiger partial charge >= 0.3 is 11.9 Å². The van der Waals surface area contributed by atoms with Crippen molar-refractivity contribution in [3.05, 3.63) is 45.9 Å². The van der Waals surface area contributed by atoms with Crippen LogP contribution in [0.2, 0.25) is 5.02 Å². The first kappa shape index (κ1) is 23.6. The number of rotatable bonds is 6. The van der Waals surface area contributed by atoms with Crippen LogP contribution in [0.5, 0.6) is 0 Å². The molecular formula is C22H23ClF3N3O4. The molecule has 7 nitrogen and oxygen atoms in total. The van der Waals surface area contributed by atoms with Gasteiger partial charge in [-0.15, -0.1) is 0 Å². The van der Waals surface area contributed by atoms with Crippen LogP contribution in [0.4, 0.5) is 13.2 Å². The number of esters is 1. The monoisotopic (exact) mass is 485 g/mol. The van der Waals surface area contributed by atoms with Gasteiger partial charge in [0.2, 0.25) is 0 Å². The van der Waals surface area contributed by atoms with Gasteiger partial charge in [-0.2, -0.15) is 0 Å². The normalized spacial score (nSPS) is 28.5. The fraction of sp³-hybridized carbons (Fsp3) is 0.500. The van der Waals surface area contributed by atoms with Crippen molar-refractivity contribution in [2.24, 2.45) is 10.9 Å². The number of halogens is 4. The van der Waals surface area contributed by atoms with E-state index < -0.39 is 41.8 Å². The van der Waals surface area contributed by atoms with E-state index in [0.717, 1.165) is 0 Å². The summed E-state index contributed by atoms with van der Waals surface area (Å²) in [4.78, 5) is 29.7. The van der Waals surface area contributed by atoms with Crippen LogP contribution in [0.25, 0.3) is 0 Å². The van der Waals surface area contributed by atoms with Gasteiger partial charge in [0, 0.05) is 31.1 Å². The van der Waals surface area contributed by atoms with Crippen molar-refractivity contribution in [3.63, 3.8) is 0 Å². The molecule has 4 atom stereocenters. The number of aliphatic carboxylic acids is 1. The number of nitrogens with one attached hydrogen (secondary N) is 1. The highest BCUT2D eigenvalue weighted by molar-refractivity contribution is 6.30. The Hall–Kier alpha value is -2.59. The molecule has 2 N–H and O–H groups in total. The van der Waals surface area contributed by atoms with Gasteiger partial charge in [-0.1, -0.05) is 17.7 Å². The van der Waals surface area contributed by atoms with E-state index in [4.69, 9.17) is 21.4 Å². The smallest absolute Gasteiger partial charge is 0.338 e. The molecule has 0 spiro atoms. The van der Waals surface area contributed by atoms with Crippen molar-refractivity contribution in [2.45, 2.75) is 49.7 Å². The van der Waals surface area contributed by atoms with Crippen molar-refractivity contribution in [3.8, 4) is 0 Å². The molecule has 2 fully saturated rings. The van der Waals surface area contributed by atoms with Crippen molar-refractivity contribution in [2.75, 3.05) is 13.7 Å². The summed E-state index contributed by atoms with van der Waals surface area (Å²) in [6, 6.07) is 1.50. The molecule has 11 heteroatoms. The van der Waals surface area contributed by atoms with E-state index in [1.54, 1.807) is 4.90 Å². The van der Waals surface area contributed by atoms with E-state index in [2.05, 4.69) is 10.3 Å². The molecule has 178 valence electrons. The molecule has 0 aromatic heterocycles. The lowest BCUT2D eigenvalue weighted by molar-refractivity contribution is -0.139. The highest BCUT2D eigenvalue weighted by Gasteiger charge is 2.57. The minimum absolute atomic E-state index is 0.00621. The fourth-order valence-electron chi connectivity index (χ4n) is 5.14. The first-order chi connectivity index (χ1) is 15.6. The molecule has 0 aliphatic carbocycles. The Labute approximate surface area is 193 Å². The Morgan fingerprint density at radius 2 is 2.12 bits per heavy atom. The molecule has 4 rings (SSSR count). The zero-order valence-electron chi connectivity index (χ0n) is 17.7. The van der Waals surface area contributed by atoms with E-state index in [1.165, 1.54) is 31.6 Å². The van der Waals surface area contributed by atoms with E-state index >= 15 is 0 Å². The van der Waals surface area contributed by atoms with Gasteiger partial charge in [0.15, 0.2) is 0 Å². The molecule has 1 aromatic rings. The maximum absolute atomic E-state index is 14.8. The minimum Gasteiger partial charge on any atom is -0.481 e. The number of hydrogen-bond acceptors (Lipinski definition) is 6. The van der Waals surface area contributed by atoms with Crippen LogP contribution in [-0.4, -0.2) is 59.9 Å². The lowest BCUT2D eigenvalue weighted by Gasteiger charge is -2.39.